The van der Waals surface area contributed by atoms with E-state index >= 15 is 0 Å². The predicted molar refractivity (Wildman–Crippen MR) is 43.6 cm³/mol. The van der Waals surface area contributed by atoms with Crippen molar-refractivity contribution in [1.82, 2.24) is 4.89 Å². The first-order chi connectivity index (χ1) is 6.79. The van der Waals surface area contributed by atoms with Gasteiger partial charge in [-0.2, -0.15) is 13.2 Å². The van der Waals surface area contributed by atoms with Crippen molar-refractivity contribution >= 4 is 10.0 Å². The van der Waals surface area contributed by atoms with Crippen LogP contribution in [0.1, 0.15) is 5.56 Å². The monoisotopic (exact) mass is 241 g/mol. The molecule has 0 heterocycles. The van der Waals surface area contributed by atoms with Gasteiger partial charge >= 0.3 is 6.18 Å². The summed E-state index contributed by atoms with van der Waals surface area (Å²) in [5.74, 6) is 0. The van der Waals surface area contributed by atoms with Gasteiger partial charge in [-0.1, -0.05) is 17.0 Å². The highest BCUT2D eigenvalue weighted by molar-refractivity contribution is 7.89. The minimum absolute atomic E-state index is 0.615. The average molecular weight is 241 g/mol. The van der Waals surface area contributed by atoms with Gasteiger partial charge in [-0.25, -0.2) is 8.42 Å². The average Bonchev–Trinajstić information content (AvgIpc) is 2.16. The third-order valence-electron chi connectivity index (χ3n) is 1.60. The molecule has 0 saturated carbocycles. The van der Waals surface area contributed by atoms with E-state index in [0.29, 0.717) is 6.07 Å². The fraction of sp³-hybridized carbons (Fsp3) is 0.143. The number of sulfonamides is 1. The van der Waals surface area contributed by atoms with Crippen LogP contribution in [0.3, 0.4) is 0 Å². The van der Waals surface area contributed by atoms with Crippen LogP contribution in [0.25, 0.3) is 0 Å². The van der Waals surface area contributed by atoms with Crippen molar-refractivity contribution in [1.29, 1.82) is 0 Å². The lowest BCUT2D eigenvalue weighted by molar-refractivity contribution is -0.139. The molecule has 0 radical (unpaired) electrons. The standard InChI is InChI=1S/C7H6F3NO3S/c8-7(9,10)5-3-1-2-4-6(5)15(13,14)11-12/h1-4,11-12H. The highest BCUT2D eigenvalue weighted by Gasteiger charge is 2.36. The van der Waals surface area contributed by atoms with Gasteiger partial charge in [-0.3, -0.25) is 0 Å². The molecule has 15 heavy (non-hydrogen) atoms. The van der Waals surface area contributed by atoms with Gasteiger partial charge in [-0.05, 0) is 12.1 Å². The van der Waals surface area contributed by atoms with Crippen molar-refractivity contribution in [3.05, 3.63) is 29.8 Å². The SMILES string of the molecule is O=S(=O)(NO)c1ccccc1C(F)(F)F. The van der Waals surface area contributed by atoms with Crippen molar-refractivity contribution in [3.63, 3.8) is 0 Å². The number of hydrogen-bond acceptors (Lipinski definition) is 3. The second-order valence-corrected chi connectivity index (χ2v) is 4.22. The molecule has 0 bridgehead atoms. The zero-order valence-corrected chi connectivity index (χ0v) is 7.93. The molecule has 0 atom stereocenters. The Morgan fingerprint density at radius 2 is 1.73 bits per heavy atom. The summed E-state index contributed by atoms with van der Waals surface area (Å²) < 4.78 is 59.0. The molecule has 0 aliphatic carbocycles. The van der Waals surface area contributed by atoms with Crippen LogP contribution < -0.4 is 4.89 Å². The van der Waals surface area contributed by atoms with Gasteiger partial charge in [0.1, 0.15) is 0 Å². The summed E-state index contributed by atoms with van der Waals surface area (Å²) in [6, 6.07) is 3.55. The lowest BCUT2D eigenvalue weighted by atomic mass is 10.2. The van der Waals surface area contributed by atoms with E-state index in [0.717, 1.165) is 23.1 Å². The van der Waals surface area contributed by atoms with Crippen LogP contribution in [0.2, 0.25) is 0 Å². The molecule has 0 aromatic heterocycles. The van der Waals surface area contributed by atoms with E-state index in [1.165, 1.54) is 0 Å². The van der Waals surface area contributed by atoms with E-state index in [2.05, 4.69) is 0 Å². The van der Waals surface area contributed by atoms with Crippen LogP contribution >= 0.6 is 0 Å². The zero-order valence-electron chi connectivity index (χ0n) is 7.12. The van der Waals surface area contributed by atoms with Crippen LogP contribution in [0, 0.1) is 0 Å². The maximum Gasteiger partial charge on any atom is 0.417 e. The molecule has 1 aromatic carbocycles. The van der Waals surface area contributed by atoms with Crippen LogP contribution in [-0.4, -0.2) is 13.6 Å². The molecule has 0 saturated heterocycles. The number of halogens is 3. The maximum absolute atomic E-state index is 12.3. The van der Waals surface area contributed by atoms with Crippen molar-refractivity contribution in [2.24, 2.45) is 0 Å². The molecule has 2 N–H and O–H groups in total. The summed E-state index contributed by atoms with van der Waals surface area (Å²) in [6.07, 6.45) is -4.79. The van der Waals surface area contributed by atoms with Gasteiger partial charge in [0.15, 0.2) is 0 Å². The Balaban J connectivity index is 3.45. The van der Waals surface area contributed by atoms with E-state index in [-0.39, 0.29) is 0 Å². The molecule has 0 spiro atoms. The van der Waals surface area contributed by atoms with Gasteiger partial charge < -0.3 is 5.21 Å². The minimum Gasteiger partial charge on any atom is -0.302 e. The Morgan fingerprint density at radius 1 is 1.20 bits per heavy atom. The third-order valence-corrected chi connectivity index (χ3v) is 2.78. The second kappa shape index (κ2) is 3.80. The topological polar surface area (TPSA) is 66.4 Å². The quantitative estimate of drug-likeness (QED) is 0.768. The van der Waals surface area contributed by atoms with Crippen molar-refractivity contribution in [2.75, 3.05) is 0 Å². The lowest BCUT2D eigenvalue weighted by Gasteiger charge is -2.11. The first-order valence-corrected chi connectivity index (χ1v) is 5.09. The molecule has 0 amide bonds. The van der Waals surface area contributed by atoms with Crippen LogP contribution in [0.15, 0.2) is 29.2 Å². The highest BCUT2D eigenvalue weighted by Crippen LogP contribution is 2.33. The first-order valence-electron chi connectivity index (χ1n) is 3.61. The lowest BCUT2D eigenvalue weighted by Crippen LogP contribution is -2.23. The Labute approximate surface area is 83.4 Å². The van der Waals surface area contributed by atoms with Gasteiger partial charge in [0.25, 0.3) is 10.0 Å². The van der Waals surface area contributed by atoms with E-state index in [1.807, 2.05) is 0 Å². The molecule has 0 fully saturated rings. The van der Waals surface area contributed by atoms with E-state index in [4.69, 9.17) is 5.21 Å². The zero-order chi connectivity index (χ0) is 11.7. The second-order valence-electron chi connectivity index (χ2n) is 2.59. The molecule has 4 nitrogen and oxygen atoms in total. The molecule has 0 unspecified atom stereocenters. The summed E-state index contributed by atoms with van der Waals surface area (Å²) in [5.41, 5.74) is -1.33. The van der Waals surface area contributed by atoms with Crippen molar-refractivity contribution in [2.45, 2.75) is 11.1 Å². The first kappa shape index (κ1) is 12.0. The summed E-state index contributed by atoms with van der Waals surface area (Å²) in [6.45, 7) is 0. The number of hydrogen-bond donors (Lipinski definition) is 2. The molecule has 0 aliphatic rings. The Morgan fingerprint density at radius 3 is 2.20 bits per heavy atom. The van der Waals surface area contributed by atoms with E-state index < -0.39 is 26.7 Å². The third kappa shape index (κ3) is 2.46. The molecule has 1 aromatic rings. The van der Waals surface area contributed by atoms with Gasteiger partial charge in [0, 0.05) is 0 Å². The molecular formula is C7H6F3NO3S. The van der Waals surface area contributed by atoms with Gasteiger partial charge in [-0.15, -0.1) is 0 Å². The Hall–Kier alpha value is -1.12. The Bertz CT molecular complexity index is 455. The number of benzene rings is 1. The number of rotatable bonds is 2. The number of nitrogens with one attached hydrogen (secondary N) is 1. The van der Waals surface area contributed by atoms with Crippen molar-refractivity contribution in [3.8, 4) is 0 Å². The molecule has 0 aliphatic heterocycles. The smallest absolute Gasteiger partial charge is 0.302 e. The fourth-order valence-corrected chi connectivity index (χ4v) is 1.81. The molecule has 1 rings (SSSR count). The largest absolute Gasteiger partial charge is 0.417 e. The van der Waals surface area contributed by atoms with Crippen LogP contribution in [-0.2, 0) is 16.2 Å². The van der Waals surface area contributed by atoms with Gasteiger partial charge in [0.2, 0.25) is 0 Å². The predicted octanol–water partition coefficient (Wildman–Crippen LogP) is 1.37. The minimum atomic E-state index is -4.79. The maximum atomic E-state index is 12.3. The van der Waals surface area contributed by atoms with Gasteiger partial charge in [0.05, 0.1) is 10.5 Å². The molecule has 8 heteroatoms. The Kier molecular flexibility index (Phi) is 3.03. The summed E-state index contributed by atoms with van der Waals surface area (Å²) in [4.78, 5) is -0.172. The summed E-state index contributed by atoms with van der Waals surface area (Å²) in [7, 11) is -4.53. The number of alkyl halides is 3. The highest BCUT2D eigenvalue weighted by atomic mass is 32.2. The van der Waals surface area contributed by atoms with E-state index in [9.17, 15) is 21.6 Å². The normalized spacial score (nSPS) is 12.8. The van der Waals surface area contributed by atoms with Crippen molar-refractivity contribution < 1.29 is 26.8 Å². The van der Waals surface area contributed by atoms with E-state index in [1.54, 1.807) is 0 Å². The molecule has 84 valence electrons. The molecular weight excluding hydrogens is 235 g/mol. The van der Waals surface area contributed by atoms with Crippen LogP contribution in [0.4, 0.5) is 13.2 Å². The summed E-state index contributed by atoms with van der Waals surface area (Å²) in [5, 5.41) is 8.23. The summed E-state index contributed by atoms with van der Waals surface area (Å²) >= 11 is 0. The fourth-order valence-electron chi connectivity index (χ4n) is 0.984. The van der Waals surface area contributed by atoms with Crippen LogP contribution in [0.5, 0.6) is 0 Å².